The summed E-state index contributed by atoms with van der Waals surface area (Å²) in [6, 6.07) is 7.66. The van der Waals surface area contributed by atoms with Crippen molar-refractivity contribution in [3.05, 3.63) is 48.3 Å². The summed E-state index contributed by atoms with van der Waals surface area (Å²) in [5.74, 6) is 0. The average Bonchev–Trinajstić information content (AvgIpc) is 2.38. The van der Waals surface area contributed by atoms with E-state index in [0.717, 1.165) is 11.4 Å². The minimum absolute atomic E-state index is 0.582. The van der Waals surface area contributed by atoms with Gasteiger partial charge in [0.25, 0.3) is 0 Å². The maximum Gasteiger partial charge on any atom is 0.218 e. The molecule has 0 unspecified atom stereocenters. The molecule has 0 aliphatic rings. The van der Waals surface area contributed by atoms with Crippen LogP contribution in [0, 0.1) is 11.3 Å². The van der Waals surface area contributed by atoms with E-state index in [2.05, 4.69) is 19.5 Å². The predicted octanol–water partition coefficient (Wildman–Crippen LogP) is 3.31. The minimum Gasteiger partial charge on any atom is -0.192 e. The first kappa shape index (κ1) is 13.6. The van der Waals surface area contributed by atoms with Gasteiger partial charge in [-0.15, -0.1) is 0 Å². The van der Waals surface area contributed by atoms with E-state index in [4.69, 9.17) is 5.26 Å². The Morgan fingerprint density at radius 1 is 1.00 bits per heavy atom. The Morgan fingerprint density at radius 3 is 1.78 bits per heavy atom. The molecule has 0 aliphatic carbocycles. The lowest BCUT2D eigenvalue weighted by atomic mass is 10.2. The normalized spacial score (nSPS) is 10.7. The maximum atomic E-state index is 9.05. The van der Waals surface area contributed by atoms with Crippen molar-refractivity contribution in [2.45, 2.75) is 13.8 Å². The minimum atomic E-state index is 0.582. The molecule has 0 N–H and O–H groups in total. The van der Waals surface area contributed by atoms with E-state index in [9.17, 15) is 0 Å². The smallest absolute Gasteiger partial charge is 0.192 e. The number of hydrogen-bond donors (Lipinski definition) is 0. The Labute approximate surface area is 108 Å². The number of rotatable bonds is 4. The first-order valence-electron chi connectivity index (χ1n) is 5.62. The van der Waals surface area contributed by atoms with Crippen molar-refractivity contribution in [2.24, 2.45) is 0 Å². The molecule has 0 bridgehead atoms. The van der Waals surface area contributed by atoms with Crippen molar-refractivity contribution in [3.8, 4) is 6.07 Å². The highest BCUT2D eigenvalue weighted by molar-refractivity contribution is 5.52. The molecular weight excluding hydrogens is 222 g/mol. The number of nitrogens with zero attached hydrogens (tertiary/aromatic N) is 3. The maximum absolute atomic E-state index is 9.05. The standard InChI is InChI=1S/C15H17N3/c1-5-7-17(3)14-9-13(12-16)10-15(11-14)18(4)8-6-2/h5-11H,3-4H2,1-2H3/q+2. The molecule has 1 rings (SSSR count). The molecule has 3 heteroatoms. The van der Waals surface area contributed by atoms with Crippen LogP contribution in [0.1, 0.15) is 19.4 Å². The molecule has 1 aromatic rings. The molecule has 0 spiro atoms. The van der Waals surface area contributed by atoms with E-state index in [1.165, 1.54) is 0 Å². The van der Waals surface area contributed by atoms with Crippen molar-refractivity contribution >= 4 is 24.8 Å². The van der Waals surface area contributed by atoms with E-state index in [1.807, 2.05) is 44.5 Å². The van der Waals surface area contributed by atoms with Crippen LogP contribution in [0.3, 0.4) is 0 Å². The Morgan fingerprint density at radius 2 is 1.44 bits per heavy atom. The average molecular weight is 239 g/mol. The Balaban J connectivity index is 3.30. The van der Waals surface area contributed by atoms with E-state index < -0.39 is 0 Å². The van der Waals surface area contributed by atoms with Crippen LogP contribution in [-0.2, 0) is 0 Å². The summed E-state index contributed by atoms with van der Waals surface area (Å²) >= 11 is 0. The fraction of sp³-hybridized carbons (Fsp3) is 0.133. The van der Waals surface area contributed by atoms with Gasteiger partial charge in [-0.25, -0.2) is 0 Å². The van der Waals surface area contributed by atoms with Crippen molar-refractivity contribution in [3.63, 3.8) is 0 Å². The van der Waals surface area contributed by atoms with Gasteiger partial charge < -0.3 is 0 Å². The quantitative estimate of drug-likeness (QED) is 0.585. The summed E-state index contributed by atoms with van der Waals surface area (Å²) < 4.78 is 3.43. The molecule has 0 saturated heterocycles. The SMILES string of the molecule is C=[N+](C=CC)c1cc(C#N)cc([N+](=C)C=CC)c1. The summed E-state index contributed by atoms with van der Waals surface area (Å²) in [6.07, 6.45) is 7.45. The Bertz CT molecular complexity index is 530. The zero-order valence-electron chi connectivity index (χ0n) is 10.8. The van der Waals surface area contributed by atoms with Crippen molar-refractivity contribution in [1.29, 1.82) is 5.26 Å². The molecule has 0 radical (unpaired) electrons. The lowest BCUT2D eigenvalue weighted by Crippen LogP contribution is -1.97. The predicted molar refractivity (Wildman–Crippen MR) is 74.9 cm³/mol. The summed E-state index contributed by atoms with van der Waals surface area (Å²) in [6.45, 7) is 11.6. The van der Waals surface area contributed by atoms with Crippen LogP contribution in [-0.4, -0.2) is 22.6 Å². The monoisotopic (exact) mass is 239 g/mol. The molecule has 18 heavy (non-hydrogen) atoms. The molecular formula is C15H17N3+2. The van der Waals surface area contributed by atoms with E-state index in [-0.39, 0.29) is 0 Å². The molecule has 0 aromatic heterocycles. The van der Waals surface area contributed by atoms with Crippen LogP contribution < -0.4 is 0 Å². The Kier molecular flexibility index (Phi) is 4.77. The highest BCUT2D eigenvalue weighted by Gasteiger charge is 2.13. The highest BCUT2D eigenvalue weighted by Crippen LogP contribution is 2.22. The van der Waals surface area contributed by atoms with E-state index >= 15 is 0 Å². The van der Waals surface area contributed by atoms with Crippen LogP contribution in [0.25, 0.3) is 0 Å². The molecule has 0 fully saturated rings. The van der Waals surface area contributed by atoms with Gasteiger partial charge in [0.05, 0.1) is 17.7 Å². The largest absolute Gasteiger partial charge is 0.218 e. The van der Waals surface area contributed by atoms with Gasteiger partial charge in [0, 0.05) is 12.1 Å². The molecule has 0 saturated carbocycles. The second-order valence-corrected chi connectivity index (χ2v) is 3.75. The van der Waals surface area contributed by atoms with Crippen LogP contribution >= 0.6 is 0 Å². The number of hydrogen-bond acceptors (Lipinski definition) is 1. The zero-order valence-corrected chi connectivity index (χ0v) is 10.8. The molecule has 0 amide bonds. The van der Waals surface area contributed by atoms with Crippen molar-refractivity contribution in [1.82, 2.24) is 0 Å². The third-order valence-electron chi connectivity index (χ3n) is 2.35. The van der Waals surface area contributed by atoms with Gasteiger partial charge >= 0.3 is 0 Å². The number of nitriles is 1. The zero-order chi connectivity index (χ0) is 13.5. The summed E-state index contributed by atoms with van der Waals surface area (Å²) in [5, 5.41) is 9.05. The number of benzene rings is 1. The second-order valence-electron chi connectivity index (χ2n) is 3.75. The van der Waals surface area contributed by atoms with Gasteiger partial charge in [-0.3, -0.25) is 0 Å². The molecule has 1 aromatic carbocycles. The highest BCUT2D eigenvalue weighted by atomic mass is 15.0. The van der Waals surface area contributed by atoms with E-state index in [1.54, 1.807) is 21.3 Å². The Hall–Kier alpha value is -2.47. The summed E-state index contributed by atoms with van der Waals surface area (Å²) in [5.41, 5.74) is 2.28. The van der Waals surface area contributed by atoms with Crippen LogP contribution in [0.2, 0.25) is 0 Å². The third kappa shape index (κ3) is 3.26. The van der Waals surface area contributed by atoms with Gasteiger partial charge in [0.15, 0.2) is 12.4 Å². The lowest BCUT2D eigenvalue weighted by Gasteiger charge is -1.99. The third-order valence-corrected chi connectivity index (χ3v) is 2.35. The fourth-order valence-corrected chi connectivity index (χ4v) is 1.52. The topological polar surface area (TPSA) is 29.8 Å². The lowest BCUT2D eigenvalue weighted by molar-refractivity contribution is -0.359. The molecule has 0 aliphatic heterocycles. The van der Waals surface area contributed by atoms with Gasteiger partial charge in [-0.1, -0.05) is 0 Å². The van der Waals surface area contributed by atoms with Crippen molar-refractivity contribution in [2.75, 3.05) is 0 Å². The van der Waals surface area contributed by atoms with Crippen LogP contribution in [0.5, 0.6) is 0 Å². The molecule has 90 valence electrons. The van der Waals surface area contributed by atoms with Crippen LogP contribution in [0.15, 0.2) is 42.8 Å². The molecule has 3 nitrogen and oxygen atoms in total. The molecule has 0 atom stereocenters. The van der Waals surface area contributed by atoms with E-state index in [0.29, 0.717) is 5.56 Å². The van der Waals surface area contributed by atoms with Crippen molar-refractivity contribution < 1.29 is 9.15 Å². The van der Waals surface area contributed by atoms with Crippen LogP contribution in [0.4, 0.5) is 11.4 Å². The second kappa shape index (κ2) is 6.31. The summed E-state index contributed by atoms with van der Waals surface area (Å²) in [7, 11) is 0. The van der Waals surface area contributed by atoms with Gasteiger partial charge in [0.1, 0.15) is 13.4 Å². The van der Waals surface area contributed by atoms with Gasteiger partial charge in [-0.05, 0) is 26.0 Å². The first-order chi connectivity index (χ1) is 8.62. The number of allylic oxidation sites excluding steroid dienone is 2. The molecule has 0 heterocycles. The van der Waals surface area contributed by atoms with Gasteiger partial charge in [0.2, 0.25) is 11.4 Å². The summed E-state index contributed by atoms with van der Waals surface area (Å²) in [4.78, 5) is 0. The first-order valence-corrected chi connectivity index (χ1v) is 5.62. The fourth-order valence-electron chi connectivity index (χ4n) is 1.52. The van der Waals surface area contributed by atoms with Gasteiger partial charge in [-0.2, -0.15) is 14.4 Å².